The van der Waals surface area contributed by atoms with Crippen LogP contribution in [-0.2, 0) is 18.3 Å². The molecule has 4 aromatic rings. The number of unbranched alkanes of at least 4 members (excludes halogenated alkanes) is 1. The van der Waals surface area contributed by atoms with Crippen LogP contribution in [0.5, 0.6) is 0 Å². The summed E-state index contributed by atoms with van der Waals surface area (Å²) in [5.41, 5.74) is 6.26. The van der Waals surface area contributed by atoms with Crippen molar-refractivity contribution in [3.05, 3.63) is 100.0 Å². The van der Waals surface area contributed by atoms with E-state index in [4.69, 9.17) is 4.98 Å². The molecule has 0 aliphatic carbocycles. The van der Waals surface area contributed by atoms with Gasteiger partial charge in [-0.1, -0.05) is 43.7 Å². The van der Waals surface area contributed by atoms with E-state index < -0.39 is 0 Å². The predicted octanol–water partition coefficient (Wildman–Crippen LogP) is 6.26. The van der Waals surface area contributed by atoms with Crippen molar-refractivity contribution < 1.29 is 9.59 Å². The topological polar surface area (TPSA) is 96.3 Å². The van der Waals surface area contributed by atoms with Crippen LogP contribution in [0.3, 0.4) is 0 Å². The van der Waals surface area contributed by atoms with Gasteiger partial charge in [-0.3, -0.25) is 14.4 Å². The van der Waals surface area contributed by atoms with Crippen molar-refractivity contribution in [3.63, 3.8) is 0 Å². The smallest absolute Gasteiger partial charge is 0.293 e. The maximum atomic E-state index is 13.3. The Morgan fingerprint density at radius 1 is 0.952 bits per heavy atom. The Balaban J connectivity index is 1.37. The Morgan fingerprint density at radius 2 is 1.69 bits per heavy atom. The van der Waals surface area contributed by atoms with Gasteiger partial charge in [0.25, 0.3) is 11.5 Å². The molecule has 2 heterocycles. The number of ketones is 1. The van der Waals surface area contributed by atoms with E-state index in [0.717, 1.165) is 60.4 Å². The monoisotopic (exact) mass is 563 g/mol. The van der Waals surface area contributed by atoms with Gasteiger partial charge in [-0.2, -0.15) is 0 Å². The molecule has 1 aliphatic heterocycles. The fourth-order valence-electron chi connectivity index (χ4n) is 5.29. The zero-order valence-corrected chi connectivity index (χ0v) is 24.4. The molecule has 1 saturated heterocycles. The molecule has 42 heavy (non-hydrogen) atoms. The lowest BCUT2D eigenvalue weighted by Crippen LogP contribution is -2.33. The fourth-order valence-corrected chi connectivity index (χ4v) is 5.29. The molecule has 0 radical (unpaired) electrons. The second-order valence-corrected chi connectivity index (χ2v) is 10.8. The van der Waals surface area contributed by atoms with Crippen molar-refractivity contribution in [2.24, 2.45) is 7.05 Å². The number of hydrogen-bond donors (Lipinski definition) is 2. The molecule has 0 unspecified atom stereocenters. The summed E-state index contributed by atoms with van der Waals surface area (Å²) >= 11 is 0. The first-order valence-corrected chi connectivity index (χ1v) is 14.5. The number of nitrogens with one attached hydrogen (secondary N) is 2. The number of aromatic nitrogens is 2. The van der Waals surface area contributed by atoms with Crippen LogP contribution in [0.15, 0.2) is 77.7 Å². The average molecular weight is 564 g/mol. The van der Waals surface area contributed by atoms with Crippen LogP contribution < -0.4 is 21.1 Å². The molecule has 8 heteroatoms. The summed E-state index contributed by atoms with van der Waals surface area (Å²) in [6.45, 7) is 5.53. The first-order chi connectivity index (χ1) is 20.3. The third-order valence-corrected chi connectivity index (χ3v) is 7.81. The molecule has 8 nitrogen and oxygen atoms in total. The highest BCUT2D eigenvalue weighted by Gasteiger charge is 2.18. The molecule has 1 amide bonds. The summed E-state index contributed by atoms with van der Waals surface area (Å²) < 4.78 is 1.51. The maximum absolute atomic E-state index is 13.3. The zero-order valence-electron chi connectivity index (χ0n) is 24.4. The number of amides is 1. The lowest BCUT2D eigenvalue weighted by atomic mass is 10.0. The standard InChI is InChI=1S/C34H37N5O3/c1-4-5-9-24-10-6-7-11-29(24)33(41)37-30-13-8-12-28(23(30)2)31-22-38(3)34(42)32(36-31)35-25-14-16-26(17-15-25)39-20-18-27(40)19-21-39/h6-8,10-17,22H,4-5,9,18-21H2,1-3H3,(H,35,36)(H,37,41). The largest absolute Gasteiger partial charge is 0.371 e. The SMILES string of the molecule is CCCCc1ccccc1C(=O)Nc1cccc(-c2cn(C)c(=O)c(Nc3ccc(N4CCC(=O)CC4)cc3)n2)c1C. The number of nitrogens with zero attached hydrogens (tertiary/aromatic N) is 3. The number of benzene rings is 3. The molecular formula is C34H37N5O3. The minimum absolute atomic E-state index is 0.141. The summed E-state index contributed by atoms with van der Waals surface area (Å²) in [5.74, 6) is 0.379. The highest BCUT2D eigenvalue weighted by molar-refractivity contribution is 6.06. The molecule has 0 atom stereocenters. The van der Waals surface area contributed by atoms with Gasteiger partial charge in [-0.15, -0.1) is 0 Å². The van der Waals surface area contributed by atoms with Crippen LogP contribution in [0, 0.1) is 6.92 Å². The Bertz CT molecular complexity index is 1650. The van der Waals surface area contributed by atoms with Gasteiger partial charge < -0.3 is 20.1 Å². The Morgan fingerprint density at radius 3 is 2.43 bits per heavy atom. The highest BCUT2D eigenvalue weighted by atomic mass is 16.2. The molecule has 0 saturated carbocycles. The number of carbonyl (C=O) groups excluding carboxylic acids is 2. The number of rotatable bonds is 9. The molecule has 0 bridgehead atoms. The Kier molecular flexibility index (Phi) is 8.81. The van der Waals surface area contributed by atoms with E-state index in [9.17, 15) is 14.4 Å². The number of carbonyl (C=O) groups is 2. The second-order valence-electron chi connectivity index (χ2n) is 10.8. The fraction of sp³-hybridized carbons (Fsp3) is 0.294. The lowest BCUT2D eigenvalue weighted by Gasteiger charge is -2.28. The second kappa shape index (κ2) is 12.9. The van der Waals surface area contributed by atoms with E-state index in [1.165, 1.54) is 4.57 Å². The molecule has 1 fully saturated rings. The van der Waals surface area contributed by atoms with Crippen molar-refractivity contribution >= 4 is 34.6 Å². The number of anilines is 4. The number of aryl methyl sites for hydroxylation is 2. The molecule has 5 rings (SSSR count). The van der Waals surface area contributed by atoms with E-state index in [1.807, 2.05) is 73.7 Å². The van der Waals surface area contributed by atoms with Crippen LogP contribution in [0.2, 0.25) is 0 Å². The number of Topliss-reactive ketones (excluding diaryl/α,β-unsaturated/α-hetero) is 1. The van der Waals surface area contributed by atoms with E-state index in [1.54, 1.807) is 13.2 Å². The quantitative estimate of drug-likeness (QED) is 0.249. The normalized spacial score (nSPS) is 13.2. The van der Waals surface area contributed by atoms with Crippen molar-refractivity contribution in [3.8, 4) is 11.3 Å². The Hall–Kier alpha value is -4.72. The molecular weight excluding hydrogens is 526 g/mol. The number of hydrogen-bond acceptors (Lipinski definition) is 6. The van der Waals surface area contributed by atoms with Crippen molar-refractivity contribution in [2.45, 2.75) is 46.0 Å². The van der Waals surface area contributed by atoms with Gasteiger partial charge in [0, 0.05) is 67.4 Å². The first kappa shape index (κ1) is 28.8. The van der Waals surface area contributed by atoms with Gasteiger partial charge in [-0.05, 0) is 67.3 Å². The van der Waals surface area contributed by atoms with Gasteiger partial charge in [-0.25, -0.2) is 4.98 Å². The number of piperidine rings is 1. The highest BCUT2D eigenvalue weighted by Crippen LogP contribution is 2.29. The average Bonchev–Trinajstić information content (AvgIpc) is 3.00. The summed E-state index contributed by atoms with van der Waals surface area (Å²) in [6, 6.07) is 21.3. The molecule has 1 aliphatic rings. The van der Waals surface area contributed by atoms with Gasteiger partial charge in [0.2, 0.25) is 0 Å². The summed E-state index contributed by atoms with van der Waals surface area (Å²) in [5, 5.41) is 6.28. The third-order valence-electron chi connectivity index (χ3n) is 7.81. The van der Waals surface area contributed by atoms with Gasteiger partial charge >= 0.3 is 0 Å². The summed E-state index contributed by atoms with van der Waals surface area (Å²) in [7, 11) is 1.70. The minimum atomic E-state index is -0.247. The zero-order chi connectivity index (χ0) is 29.6. The molecule has 2 N–H and O–H groups in total. The maximum Gasteiger partial charge on any atom is 0.293 e. The van der Waals surface area contributed by atoms with Gasteiger partial charge in [0.15, 0.2) is 5.82 Å². The first-order valence-electron chi connectivity index (χ1n) is 14.5. The summed E-state index contributed by atoms with van der Waals surface area (Å²) in [4.78, 5) is 44.8. The van der Waals surface area contributed by atoms with Crippen molar-refractivity contribution in [1.29, 1.82) is 0 Å². The molecule has 0 spiro atoms. The van der Waals surface area contributed by atoms with Crippen LogP contribution in [0.25, 0.3) is 11.3 Å². The summed E-state index contributed by atoms with van der Waals surface area (Å²) in [6.07, 6.45) is 5.81. The Labute approximate surface area is 246 Å². The lowest BCUT2D eigenvalue weighted by molar-refractivity contribution is -0.119. The third kappa shape index (κ3) is 6.43. The molecule has 1 aromatic heterocycles. The van der Waals surface area contributed by atoms with Crippen LogP contribution >= 0.6 is 0 Å². The van der Waals surface area contributed by atoms with Crippen molar-refractivity contribution in [1.82, 2.24) is 9.55 Å². The van der Waals surface area contributed by atoms with Crippen LogP contribution in [-0.4, -0.2) is 34.3 Å². The van der Waals surface area contributed by atoms with Crippen LogP contribution in [0.4, 0.5) is 22.9 Å². The van der Waals surface area contributed by atoms with E-state index in [0.29, 0.717) is 35.6 Å². The van der Waals surface area contributed by atoms with Crippen LogP contribution in [0.1, 0.15) is 54.1 Å². The predicted molar refractivity (Wildman–Crippen MR) is 169 cm³/mol. The molecule has 216 valence electrons. The minimum Gasteiger partial charge on any atom is -0.371 e. The van der Waals surface area contributed by atoms with Gasteiger partial charge in [0.1, 0.15) is 5.78 Å². The van der Waals surface area contributed by atoms with Gasteiger partial charge in [0.05, 0.1) is 5.69 Å². The van der Waals surface area contributed by atoms with E-state index in [2.05, 4.69) is 22.5 Å². The van der Waals surface area contributed by atoms with E-state index >= 15 is 0 Å². The van der Waals surface area contributed by atoms with E-state index in [-0.39, 0.29) is 17.3 Å². The van der Waals surface area contributed by atoms with Crippen molar-refractivity contribution in [2.75, 3.05) is 28.6 Å². The molecule has 3 aromatic carbocycles.